The number of carbonyl (C=O) groups excluding carboxylic acids is 6. The van der Waals surface area contributed by atoms with Crippen LogP contribution in [0.2, 0.25) is 0 Å². The zero-order valence-corrected chi connectivity index (χ0v) is 29.9. The van der Waals surface area contributed by atoms with Crippen LogP contribution in [0.5, 0.6) is 0 Å². The third-order valence-corrected chi connectivity index (χ3v) is 9.66. The number of urea groups is 1. The number of hydrogen-bond acceptors (Lipinski definition) is 7. The van der Waals surface area contributed by atoms with E-state index in [0.29, 0.717) is 6.42 Å². The highest BCUT2D eigenvalue weighted by molar-refractivity contribution is 6.51. The Morgan fingerprint density at radius 1 is 1.00 bits per heavy atom. The van der Waals surface area contributed by atoms with Gasteiger partial charge >= 0.3 is 12.0 Å². The highest BCUT2D eigenvalue weighted by Crippen LogP contribution is 2.65. The predicted molar refractivity (Wildman–Crippen MR) is 179 cm³/mol. The predicted octanol–water partition coefficient (Wildman–Crippen LogP) is 3.53. The van der Waals surface area contributed by atoms with E-state index in [1.165, 1.54) is 4.90 Å². The molecule has 2 saturated carbocycles. The largest absolute Gasteiger partial charge is 0.460 e. The fourth-order valence-electron chi connectivity index (χ4n) is 6.40. The molecule has 0 bridgehead atoms. The van der Waals surface area contributed by atoms with E-state index >= 15 is 0 Å². The number of piperidine rings is 1. The van der Waals surface area contributed by atoms with Gasteiger partial charge in [0.1, 0.15) is 22.0 Å². The van der Waals surface area contributed by atoms with Gasteiger partial charge in [0.25, 0.3) is 5.91 Å². The van der Waals surface area contributed by atoms with Crippen molar-refractivity contribution in [2.75, 3.05) is 13.1 Å². The van der Waals surface area contributed by atoms with Gasteiger partial charge in [-0.25, -0.2) is 4.79 Å². The van der Waals surface area contributed by atoms with E-state index in [1.54, 1.807) is 26.8 Å². The van der Waals surface area contributed by atoms with Crippen molar-refractivity contribution < 1.29 is 33.5 Å². The number of carbonyl (C=O) groups is 6. The zero-order valence-electron chi connectivity index (χ0n) is 28.4. The molecule has 1 heterocycles. The van der Waals surface area contributed by atoms with Crippen LogP contribution in [0, 0.1) is 17.8 Å². The highest BCUT2D eigenvalue weighted by Gasteiger charge is 2.74. The number of nitrogens with one attached hydrogen (secondary N) is 4. The fraction of sp³-hybridized carbons (Fsp3) is 0.758. The first-order chi connectivity index (χ1) is 21.8. The Morgan fingerprint density at radius 3 is 2.21 bits per heavy atom. The molecule has 5 amide bonds. The van der Waals surface area contributed by atoms with Crippen LogP contribution >= 0.6 is 23.2 Å². The van der Waals surface area contributed by atoms with E-state index in [2.05, 4.69) is 27.8 Å². The normalized spacial score (nSPS) is 23.4. The molecule has 1 saturated heterocycles. The molecule has 5 atom stereocenters. The van der Waals surface area contributed by atoms with E-state index in [0.717, 1.165) is 32.1 Å². The van der Waals surface area contributed by atoms with Crippen molar-refractivity contribution in [2.45, 2.75) is 127 Å². The topological polar surface area (TPSA) is 163 Å². The number of ketones is 1. The maximum atomic E-state index is 14.2. The number of ether oxygens (including phenoxy) is 1. The summed E-state index contributed by atoms with van der Waals surface area (Å²) in [5.41, 5.74) is -1.23. The standard InChI is InChI=1S/C33H51Cl2N5O7/c1-8-9-15-21(26(42)28(44)36-17-16-22(41)47-32(5,6)7)37-27(43)25-23-20(33(23,34)35)18-40(25)29(45)24(19-13-11-10-12-14-19)38-30(46)39-31(2,3)4/h8,19-21,23-25H,1,9-18H2,2-7H3,(H,36,44)(H,37,43)(H2,38,39,46)/t20-,21-,23-,24-,25-/m0/s1. The van der Waals surface area contributed by atoms with Crippen LogP contribution in [0.1, 0.15) is 92.9 Å². The number of alkyl halides is 2. The van der Waals surface area contributed by atoms with Gasteiger partial charge in [-0.05, 0) is 73.1 Å². The SMILES string of the molecule is C=CCC[C@H](NC(=O)[C@@H]1[C@@H]2[C@H](CN1C(=O)[C@@H](NC(=O)NC(C)(C)C)C1CCCCC1)C2(Cl)Cl)C(=O)C(=O)NCCC(=O)OC(C)(C)C. The van der Waals surface area contributed by atoms with E-state index in [1.807, 2.05) is 20.8 Å². The maximum absolute atomic E-state index is 14.2. The molecular formula is C33H51Cl2N5O7. The summed E-state index contributed by atoms with van der Waals surface area (Å²) >= 11 is 13.1. The molecule has 0 aromatic heterocycles. The summed E-state index contributed by atoms with van der Waals surface area (Å²) < 4.78 is 3.98. The molecule has 0 spiro atoms. The van der Waals surface area contributed by atoms with Crippen molar-refractivity contribution in [1.82, 2.24) is 26.2 Å². The Bertz CT molecular complexity index is 1220. The molecule has 4 N–H and O–H groups in total. The molecule has 0 radical (unpaired) electrons. The minimum atomic E-state index is -1.24. The number of rotatable bonds is 13. The third-order valence-electron chi connectivity index (χ3n) is 8.60. The molecule has 1 aliphatic heterocycles. The second-order valence-corrected chi connectivity index (χ2v) is 16.3. The number of esters is 1. The van der Waals surface area contributed by atoms with E-state index in [9.17, 15) is 28.8 Å². The van der Waals surface area contributed by atoms with E-state index in [4.69, 9.17) is 27.9 Å². The quantitative estimate of drug-likeness (QED) is 0.0989. The summed E-state index contributed by atoms with van der Waals surface area (Å²) in [6.07, 6.45) is 6.19. The van der Waals surface area contributed by atoms with Crippen molar-refractivity contribution in [1.29, 1.82) is 0 Å². The average Bonchev–Trinajstić information content (AvgIpc) is 3.26. The number of amides is 5. The van der Waals surface area contributed by atoms with Gasteiger partial charge in [-0.1, -0.05) is 25.3 Å². The number of nitrogens with zero attached hydrogens (tertiary/aromatic N) is 1. The van der Waals surface area contributed by atoms with Crippen molar-refractivity contribution >= 4 is 58.7 Å². The van der Waals surface area contributed by atoms with Gasteiger partial charge in [-0.2, -0.15) is 0 Å². The average molecular weight is 701 g/mol. The summed E-state index contributed by atoms with van der Waals surface area (Å²) in [7, 11) is 0. The summed E-state index contributed by atoms with van der Waals surface area (Å²) in [4.78, 5) is 80.6. The third kappa shape index (κ3) is 10.6. The fourth-order valence-corrected chi connectivity index (χ4v) is 7.23. The lowest BCUT2D eigenvalue weighted by Gasteiger charge is -2.37. The Kier molecular flexibility index (Phi) is 12.8. The molecule has 2 aliphatic carbocycles. The summed E-state index contributed by atoms with van der Waals surface area (Å²) in [5.74, 6) is -4.58. The molecule has 3 rings (SSSR count). The van der Waals surface area contributed by atoms with Gasteiger partial charge in [-0.3, -0.25) is 24.0 Å². The van der Waals surface area contributed by atoms with Crippen LogP contribution in [-0.4, -0.2) is 87.1 Å². The first-order valence-electron chi connectivity index (χ1n) is 16.5. The van der Waals surface area contributed by atoms with Gasteiger partial charge in [0, 0.05) is 30.5 Å². The lowest BCUT2D eigenvalue weighted by atomic mass is 9.83. The Morgan fingerprint density at radius 2 is 1.64 bits per heavy atom. The lowest BCUT2D eigenvalue weighted by molar-refractivity contribution is -0.154. The lowest BCUT2D eigenvalue weighted by Crippen LogP contribution is -2.61. The van der Waals surface area contributed by atoms with Crippen LogP contribution in [0.3, 0.4) is 0 Å². The highest BCUT2D eigenvalue weighted by atomic mass is 35.5. The first-order valence-corrected chi connectivity index (χ1v) is 17.2. The number of hydrogen-bond donors (Lipinski definition) is 4. The molecule has 3 aliphatic rings. The molecule has 14 heteroatoms. The van der Waals surface area contributed by atoms with Crippen LogP contribution in [-0.2, 0) is 28.7 Å². The number of allylic oxidation sites excluding steroid dienone is 1. The first kappa shape index (κ1) is 38.6. The van der Waals surface area contributed by atoms with Gasteiger partial charge in [-0.15, -0.1) is 29.8 Å². The van der Waals surface area contributed by atoms with E-state index in [-0.39, 0.29) is 37.8 Å². The number of likely N-dealkylation sites (tertiary alicyclic amines) is 1. The van der Waals surface area contributed by atoms with Gasteiger partial charge in [0.2, 0.25) is 17.6 Å². The molecular weight excluding hydrogens is 649 g/mol. The molecule has 0 aromatic carbocycles. The summed E-state index contributed by atoms with van der Waals surface area (Å²) in [6.45, 7) is 14.3. The van der Waals surface area contributed by atoms with Crippen molar-refractivity contribution in [3.05, 3.63) is 12.7 Å². The number of Topliss-reactive ketones (excluding diaryl/α,β-unsaturated/α-hetero) is 1. The number of halogens is 2. The summed E-state index contributed by atoms with van der Waals surface area (Å²) in [6, 6.07) is -3.71. The van der Waals surface area contributed by atoms with Crippen LogP contribution in [0.15, 0.2) is 12.7 Å². The zero-order chi connectivity index (χ0) is 35.3. The Balaban J connectivity index is 1.77. The minimum Gasteiger partial charge on any atom is -0.460 e. The molecule has 3 fully saturated rings. The van der Waals surface area contributed by atoms with Crippen molar-refractivity contribution in [3.8, 4) is 0 Å². The molecule has 0 aromatic rings. The molecule has 47 heavy (non-hydrogen) atoms. The monoisotopic (exact) mass is 699 g/mol. The van der Waals surface area contributed by atoms with Gasteiger partial charge < -0.3 is 30.9 Å². The second kappa shape index (κ2) is 15.6. The minimum absolute atomic E-state index is 0.0778. The maximum Gasteiger partial charge on any atom is 0.315 e. The molecule has 0 unspecified atom stereocenters. The smallest absolute Gasteiger partial charge is 0.315 e. The van der Waals surface area contributed by atoms with Gasteiger partial charge in [0.05, 0.1) is 12.5 Å². The van der Waals surface area contributed by atoms with Crippen LogP contribution in [0.25, 0.3) is 0 Å². The van der Waals surface area contributed by atoms with Gasteiger partial charge in [0.15, 0.2) is 0 Å². The molecule has 264 valence electrons. The van der Waals surface area contributed by atoms with Crippen LogP contribution in [0.4, 0.5) is 4.79 Å². The van der Waals surface area contributed by atoms with Crippen molar-refractivity contribution in [3.63, 3.8) is 0 Å². The van der Waals surface area contributed by atoms with Crippen molar-refractivity contribution in [2.24, 2.45) is 17.8 Å². The Labute approximate surface area is 287 Å². The van der Waals surface area contributed by atoms with Crippen LogP contribution < -0.4 is 21.3 Å². The summed E-state index contributed by atoms with van der Waals surface area (Å²) in [5, 5.41) is 10.8. The second-order valence-electron chi connectivity index (χ2n) is 14.9. The Hall–Kier alpha value is -2.86. The van der Waals surface area contributed by atoms with E-state index < -0.39 is 75.0 Å². The number of fused-ring (bicyclic) bond motifs is 1. The molecule has 12 nitrogen and oxygen atoms in total.